The Morgan fingerprint density at radius 2 is 2.20 bits per heavy atom. The van der Waals surface area contributed by atoms with Crippen molar-refractivity contribution in [2.24, 2.45) is 10.9 Å². The summed E-state index contributed by atoms with van der Waals surface area (Å²) in [5.41, 5.74) is 7.35. The average Bonchev–Trinajstić information content (AvgIpc) is 3.01. The van der Waals surface area contributed by atoms with Gasteiger partial charge < -0.3 is 10.9 Å². The lowest BCUT2D eigenvalue weighted by Gasteiger charge is -2.03. The van der Waals surface area contributed by atoms with Crippen LogP contribution in [0.2, 0.25) is 0 Å². The lowest BCUT2D eigenvalue weighted by Crippen LogP contribution is -2.17. The molecule has 0 saturated carbocycles. The lowest BCUT2D eigenvalue weighted by molar-refractivity contribution is 0.317. The number of aryl methyl sites for hydroxylation is 1. The number of amidine groups is 1. The van der Waals surface area contributed by atoms with Gasteiger partial charge in [-0.05, 0) is 19.1 Å². The molecule has 8 heteroatoms. The number of rotatable bonds is 3. The van der Waals surface area contributed by atoms with Crippen molar-refractivity contribution >= 4 is 28.2 Å². The Kier molecular flexibility index (Phi) is 3.07. The van der Waals surface area contributed by atoms with Crippen molar-refractivity contribution in [3.63, 3.8) is 0 Å². The van der Waals surface area contributed by atoms with E-state index in [2.05, 4.69) is 20.3 Å². The summed E-state index contributed by atoms with van der Waals surface area (Å²) in [6.07, 6.45) is 0.240. The van der Waals surface area contributed by atoms with E-state index in [0.29, 0.717) is 5.82 Å². The van der Waals surface area contributed by atoms with Crippen molar-refractivity contribution < 1.29 is 5.21 Å². The summed E-state index contributed by atoms with van der Waals surface area (Å²) in [5, 5.41) is 21.5. The lowest BCUT2D eigenvalue weighted by atomic mass is 10.3. The molecular formula is C12H12N6OS. The summed E-state index contributed by atoms with van der Waals surface area (Å²) in [4.78, 5) is 4.52. The Morgan fingerprint density at radius 3 is 2.90 bits per heavy atom. The van der Waals surface area contributed by atoms with Crippen LogP contribution in [-0.4, -0.2) is 30.8 Å². The summed E-state index contributed by atoms with van der Waals surface area (Å²) in [7, 11) is 0. The Balaban J connectivity index is 2.23. The largest absolute Gasteiger partial charge is 0.409 e. The van der Waals surface area contributed by atoms with Gasteiger partial charge in [0.1, 0.15) is 16.7 Å². The van der Waals surface area contributed by atoms with E-state index in [1.807, 2.05) is 35.8 Å². The first-order valence-corrected chi connectivity index (χ1v) is 6.74. The number of aromatic nitrogens is 4. The molecule has 0 aliphatic carbocycles. The van der Waals surface area contributed by atoms with Gasteiger partial charge in [-0.2, -0.15) is 0 Å². The van der Waals surface area contributed by atoms with E-state index in [9.17, 15) is 0 Å². The fourth-order valence-corrected chi connectivity index (χ4v) is 2.70. The van der Waals surface area contributed by atoms with Gasteiger partial charge in [-0.1, -0.05) is 28.6 Å². The maximum absolute atomic E-state index is 8.74. The number of para-hydroxylation sites is 2. The predicted molar refractivity (Wildman–Crippen MR) is 76.4 cm³/mol. The molecule has 20 heavy (non-hydrogen) atoms. The maximum atomic E-state index is 8.74. The molecule has 2 heterocycles. The van der Waals surface area contributed by atoms with E-state index in [4.69, 9.17) is 10.9 Å². The molecule has 0 fully saturated rings. The van der Waals surface area contributed by atoms with E-state index in [1.165, 1.54) is 11.3 Å². The Hall–Kier alpha value is -2.48. The van der Waals surface area contributed by atoms with Gasteiger partial charge in [0, 0.05) is 0 Å². The number of imidazole rings is 1. The van der Waals surface area contributed by atoms with Crippen molar-refractivity contribution in [3.05, 3.63) is 35.1 Å². The van der Waals surface area contributed by atoms with Crippen molar-refractivity contribution in [3.8, 4) is 5.13 Å². The molecule has 3 N–H and O–H groups in total. The Bertz CT molecular complexity index is 790. The minimum absolute atomic E-state index is 0.0998. The third-order valence-corrected chi connectivity index (χ3v) is 3.63. The number of nitrogens with two attached hydrogens (primary N) is 1. The van der Waals surface area contributed by atoms with Gasteiger partial charge in [0.15, 0.2) is 0 Å². The predicted octanol–water partition coefficient (Wildman–Crippen LogP) is 1.47. The first kappa shape index (κ1) is 12.5. The smallest absolute Gasteiger partial charge is 0.218 e. The summed E-state index contributed by atoms with van der Waals surface area (Å²) in [6.45, 7) is 1.89. The molecule has 7 nitrogen and oxygen atoms in total. The first-order chi connectivity index (χ1) is 9.69. The number of fused-ring (bicyclic) bond motifs is 1. The highest BCUT2D eigenvalue weighted by atomic mass is 32.1. The second-order valence-electron chi connectivity index (χ2n) is 4.22. The molecule has 102 valence electrons. The van der Waals surface area contributed by atoms with Crippen molar-refractivity contribution in [2.45, 2.75) is 13.3 Å². The second kappa shape index (κ2) is 4.89. The van der Waals surface area contributed by atoms with E-state index in [-0.39, 0.29) is 12.3 Å². The third kappa shape index (κ3) is 2.10. The zero-order valence-electron chi connectivity index (χ0n) is 10.7. The molecule has 0 aliphatic heterocycles. The van der Waals surface area contributed by atoms with Gasteiger partial charge in [0.2, 0.25) is 5.13 Å². The minimum atomic E-state index is 0.0998. The van der Waals surface area contributed by atoms with E-state index < -0.39 is 0 Å². The monoisotopic (exact) mass is 288 g/mol. The molecule has 0 amide bonds. The molecule has 0 aliphatic rings. The highest BCUT2D eigenvalue weighted by molar-refractivity contribution is 7.13. The third-order valence-electron chi connectivity index (χ3n) is 2.80. The summed E-state index contributed by atoms with van der Waals surface area (Å²) in [6, 6.07) is 7.71. The minimum Gasteiger partial charge on any atom is -0.409 e. The molecule has 0 saturated heterocycles. The van der Waals surface area contributed by atoms with Gasteiger partial charge in [-0.15, -0.1) is 10.2 Å². The van der Waals surface area contributed by atoms with Crippen LogP contribution < -0.4 is 5.73 Å². The highest BCUT2D eigenvalue weighted by Crippen LogP contribution is 2.23. The van der Waals surface area contributed by atoms with E-state index in [0.717, 1.165) is 21.2 Å². The van der Waals surface area contributed by atoms with Gasteiger partial charge >= 0.3 is 0 Å². The molecule has 3 aromatic rings. The SMILES string of the molecule is Cc1nnc(-n2c(CC(N)=NO)nc3ccccc32)s1. The van der Waals surface area contributed by atoms with Crippen LogP contribution >= 0.6 is 11.3 Å². The van der Waals surface area contributed by atoms with Crippen molar-refractivity contribution in [2.75, 3.05) is 0 Å². The molecule has 3 rings (SSSR count). The van der Waals surface area contributed by atoms with Gasteiger partial charge in [0.25, 0.3) is 0 Å². The van der Waals surface area contributed by atoms with Crippen molar-refractivity contribution in [1.82, 2.24) is 19.7 Å². The quantitative estimate of drug-likeness (QED) is 0.329. The van der Waals surface area contributed by atoms with E-state index >= 15 is 0 Å². The first-order valence-electron chi connectivity index (χ1n) is 5.92. The van der Waals surface area contributed by atoms with Crippen LogP contribution in [0.5, 0.6) is 0 Å². The Morgan fingerprint density at radius 1 is 1.40 bits per heavy atom. The van der Waals surface area contributed by atoms with Crippen LogP contribution in [0.15, 0.2) is 29.4 Å². The maximum Gasteiger partial charge on any atom is 0.218 e. The average molecular weight is 288 g/mol. The van der Waals surface area contributed by atoms with Crippen LogP contribution in [0, 0.1) is 6.92 Å². The number of hydrogen-bond donors (Lipinski definition) is 2. The molecule has 1 aromatic carbocycles. The van der Waals surface area contributed by atoms with E-state index in [1.54, 1.807) is 0 Å². The zero-order valence-corrected chi connectivity index (χ0v) is 11.5. The molecule has 0 atom stereocenters. The fourth-order valence-electron chi connectivity index (χ4n) is 1.98. The summed E-state index contributed by atoms with van der Waals surface area (Å²) >= 11 is 1.47. The standard InChI is InChI=1S/C12H12N6OS/c1-7-15-16-12(20-7)18-9-5-3-2-4-8(9)14-11(18)6-10(13)17-19/h2-5,19H,6H2,1H3,(H2,13,17). The summed E-state index contributed by atoms with van der Waals surface area (Å²) in [5.74, 6) is 0.764. The normalized spacial score (nSPS) is 12.2. The van der Waals surface area contributed by atoms with Gasteiger partial charge in [-0.3, -0.25) is 4.57 Å². The number of oxime groups is 1. The Labute approximate surface area is 118 Å². The summed E-state index contributed by atoms with van der Waals surface area (Å²) < 4.78 is 1.89. The van der Waals surface area contributed by atoms with Crippen LogP contribution in [0.1, 0.15) is 10.8 Å². The molecule has 0 bridgehead atoms. The molecular weight excluding hydrogens is 276 g/mol. The van der Waals surface area contributed by atoms with Crippen LogP contribution in [0.4, 0.5) is 0 Å². The zero-order chi connectivity index (χ0) is 14.1. The van der Waals surface area contributed by atoms with Crippen LogP contribution in [0.25, 0.3) is 16.2 Å². The number of nitrogens with zero attached hydrogens (tertiary/aromatic N) is 5. The van der Waals surface area contributed by atoms with Gasteiger partial charge in [-0.25, -0.2) is 4.98 Å². The van der Waals surface area contributed by atoms with Crippen molar-refractivity contribution in [1.29, 1.82) is 0 Å². The van der Waals surface area contributed by atoms with Crippen LogP contribution in [-0.2, 0) is 6.42 Å². The molecule has 0 unspecified atom stereocenters. The van der Waals surface area contributed by atoms with Crippen LogP contribution in [0.3, 0.4) is 0 Å². The molecule has 0 spiro atoms. The highest BCUT2D eigenvalue weighted by Gasteiger charge is 2.16. The molecule has 0 radical (unpaired) electrons. The fraction of sp³-hybridized carbons (Fsp3) is 0.167. The topological polar surface area (TPSA) is 102 Å². The number of benzene rings is 1. The molecule has 2 aromatic heterocycles. The number of hydrogen-bond acceptors (Lipinski definition) is 6. The second-order valence-corrected chi connectivity index (χ2v) is 5.38. The van der Waals surface area contributed by atoms with Gasteiger partial charge in [0.05, 0.1) is 17.5 Å².